The lowest BCUT2D eigenvalue weighted by molar-refractivity contribution is 0.391. The van der Waals surface area contributed by atoms with Crippen LogP contribution >= 0.6 is 0 Å². The van der Waals surface area contributed by atoms with E-state index in [0.717, 1.165) is 37.3 Å². The minimum atomic E-state index is 0.661. The van der Waals surface area contributed by atoms with Gasteiger partial charge in [-0.2, -0.15) is 4.98 Å². The highest BCUT2D eigenvalue weighted by atomic mass is 16.5. The number of aryl methyl sites for hydroxylation is 1. The van der Waals surface area contributed by atoms with Crippen LogP contribution in [0.25, 0.3) is 11.5 Å². The third-order valence-electron chi connectivity index (χ3n) is 3.73. The summed E-state index contributed by atoms with van der Waals surface area (Å²) in [5, 5.41) is 14.4. The van der Waals surface area contributed by atoms with Crippen molar-refractivity contribution in [3.8, 4) is 11.5 Å². The first-order chi connectivity index (χ1) is 9.76. The molecule has 108 valence electrons. The predicted molar refractivity (Wildman–Crippen MR) is 75.5 cm³/mol. The summed E-state index contributed by atoms with van der Waals surface area (Å²) in [4.78, 5) is 6.73. The van der Waals surface area contributed by atoms with E-state index in [-0.39, 0.29) is 0 Å². The molecule has 1 saturated heterocycles. The molecule has 1 aliphatic heterocycles. The van der Waals surface area contributed by atoms with Crippen molar-refractivity contribution in [2.24, 2.45) is 5.92 Å². The highest BCUT2D eigenvalue weighted by Crippen LogP contribution is 2.22. The van der Waals surface area contributed by atoms with Crippen LogP contribution in [0.4, 0.5) is 5.95 Å². The van der Waals surface area contributed by atoms with Crippen molar-refractivity contribution in [3.63, 3.8) is 0 Å². The maximum absolute atomic E-state index is 5.06. The Morgan fingerprint density at radius 1 is 1.45 bits per heavy atom. The molecule has 0 radical (unpaired) electrons. The summed E-state index contributed by atoms with van der Waals surface area (Å²) in [7, 11) is 2.01. The normalized spacial score (nSPS) is 16.8. The summed E-state index contributed by atoms with van der Waals surface area (Å²) in [6.45, 7) is 4.95. The van der Waals surface area contributed by atoms with E-state index in [1.807, 2.05) is 20.0 Å². The average molecular weight is 276 g/mol. The number of H-pyrrole nitrogens is 1. The molecule has 0 unspecified atom stereocenters. The van der Waals surface area contributed by atoms with Crippen molar-refractivity contribution in [3.05, 3.63) is 11.8 Å². The second kappa shape index (κ2) is 5.62. The number of hydrogen-bond donors (Lipinski definition) is 2. The van der Waals surface area contributed by atoms with E-state index in [9.17, 15) is 0 Å². The highest BCUT2D eigenvalue weighted by molar-refractivity contribution is 5.50. The van der Waals surface area contributed by atoms with Gasteiger partial charge in [0, 0.05) is 19.2 Å². The third-order valence-corrected chi connectivity index (χ3v) is 3.73. The van der Waals surface area contributed by atoms with Crippen molar-refractivity contribution >= 4 is 5.95 Å². The minimum Gasteiger partial charge on any atom is -0.361 e. The van der Waals surface area contributed by atoms with Gasteiger partial charge in [0.05, 0.1) is 0 Å². The van der Waals surface area contributed by atoms with E-state index >= 15 is 0 Å². The molecule has 1 aliphatic rings. The second-order valence-corrected chi connectivity index (χ2v) is 5.29. The van der Waals surface area contributed by atoms with Crippen LogP contribution in [0.3, 0.4) is 0 Å². The number of aromatic nitrogens is 4. The number of aromatic amines is 1. The Balaban J connectivity index is 1.66. The van der Waals surface area contributed by atoms with Gasteiger partial charge in [0.1, 0.15) is 5.76 Å². The van der Waals surface area contributed by atoms with Crippen molar-refractivity contribution in [2.75, 3.05) is 31.6 Å². The van der Waals surface area contributed by atoms with Crippen LogP contribution < -0.4 is 10.2 Å². The molecule has 2 aromatic heterocycles. The van der Waals surface area contributed by atoms with Crippen LogP contribution in [-0.2, 0) is 0 Å². The maximum Gasteiger partial charge on any atom is 0.245 e. The highest BCUT2D eigenvalue weighted by Gasteiger charge is 2.22. The predicted octanol–water partition coefficient (Wildman–Crippen LogP) is 1.20. The van der Waals surface area contributed by atoms with Crippen LogP contribution in [0.15, 0.2) is 10.6 Å². The molecule has 0 saturated carbocycles. The van der Waals surface area contributed by atoms with Crippen molar-refractivity contribution < 1.29 is 4.52 Å². The minimum absolute atomic E-state index is 0.661. The molecular weight excluding hydrogens is 256 g/mol. The zero-order valence-electron chi connectivity index (χ0n) is 11.9. The molecule has 7 nitrogen and oxygen atoms in total. The van der Waals surface area contributed by atoms with Gasteiger partial charge >= 0.3 is 0 Å². The van der Waals surface area contributed by atoms with Crippen molar-refractivity contribution in [2.45, 2.75) is 19.8 Å². The Labute approximate surface area is 117 Å². The topological polar surface area (TPSA) is 82.9 Å². The Morgan fingerprint density at radius 2 is 2.25 bits per heavy atom. The number of hydrogen-bond acceptors (Lipinski definition) is 6. The molecule has 3 rings (SSSR count). The van der Waals surface area contributed by atoms with Gasteiger partial charge in [0.2, 0.25) is 5.95 Å². The number of piperidine rings is 1. The zero-order valence-corrected chi connectivity index (χ0v) is 11.9. The lowest BCUT2D eigenvalue weighted by Gasteiger charge is -2.30. The Hall–Kier alpha value is -1.89. The number of nitrogens with zero attached hydrogens (tertiary/aromatic N) is 4. The summed E-state index contributed by atoms with van der Waals surface area (Å²) in [6.07, 6.45) is 2.35. The summed E-state index contributed by atoms with van der Waals surface area (Å²) in [6, 6.07) is 1.85. The van der Waals surface area contributed by atoms with E-state index < -0.39 is 0 Å². The molecule has 20 heavy (non-hydrogen) atoms. The summed E-state index contributed by atoms with van der Waals surface area (Å²) in [5.41, 5.74) is 0.700. The fraction of sp³-hybridized carbons (Fsp3) is 0.615. The quantitative estimate of drug-likeness (QED) is 0.873. The van der Waals surface area contributed by atoms with Crippen LogP contribution in [-0.4, -0.2) is 47.0 Å². The van der Waals surface area contributed by atoms with Crippen molar-refractivity contribution in [1.29, 1.82) is 0 Å². The van der Waals surface area contributed by atoms with Gasteiger partial charge in [-0.15, -0.1) is 5.10 Å². The van der Waals surface area contributed by atoms with E-state index in [4.69, 9.17) is 4.52 Å². The fourth-order valence-corrected chi connectivity index (χ4v) is 2.61. The van der Waals surface area contributed by atoms with E-state index in [1.54, 1.807) is 0 Å². The fourth-order valence-electron chi connectivity index (χ4n) is 2.61. The second-order valence-electron chi connectivity index (χ2n) is 5.29. The molecule has 0 amide bonds. The molecule has 0 aromatic carbocycles. The lowest BCUT2D eigenvalue weighted by atomic mass is 9.97. The monoisotopic (exact) mass is 276 g/mol. The molecule has 0 aliphatic carbocycles. The molecule has 0 bridgehead atoms. The van der Waals surface area contributed by atoms with Gasteiger partial charge in [-0.05, 0) is 39.3 Å². The first-order valence-corrected chi connectivity index (χ1v) is 7.02. The van der Waals surface area contributed by atoms with Crippen LogP contribution in [0, 0.1) is 12.8 Å². The molecule has 1 fully saturated rings. The molecule has 0 atom stereocenters. The molecule has 3 heterocycles. The largest absolute Gasteiger partial charge is 0.361 e. The van der Waals surface area contributed by atoms with Gasteiger partial charge in [-0.25, -0.2) is 0 Å². The van der Waals surface area contributed by atoms with Gasteiger partial charge in [-0.1, -0.05) is 5.16 Å². The van der Waals surface area contributed by atoms with Gasteiger partial charge in [0.15, 0.2) is 11.5 Å². The van der Waals surface area contributed by atoms with Gasteiger partial charge in [0.25, 0.3) is 0 Å². The number of anilines is 1. The van der Waals surface area contributed by atoms with Crippen LogP contribution in [0.1, 0.15) is 18.6 Å². The molecule has 2 N–H and O–H groups in total. The summed E-state index contributed by atoms with van der Waals surface area (Å²) < 4.78 is 5.06. The van der Waals surface area contributed by atoms with E-state index in [0.29, 0.717) is 11.5 Å². The Morgan fingerprint density at radius 3 is 2.90 bits per heavy atom. The SMILES string of the molecule is CNCC1CCN(c2n[nH]c(-c3cc(C)on3)n2)CC1. The maximum atomic E-state index is 5.06. The average Bonchev–Trinajstić information content (AvgIpc) is 3.09. The summed E-state index contributed by atoms with van der Waals surface area (Å²) in [5.74, 6) is 2.94. The standard InChI is InChI=1S/C13H20N6O/c1-9-7-11(18-20-9)12-15-13(17-16-12)19-5-3-10(4-6-19)8-14-2/h7,10,14H,3-6,8H2,1-2H3,(H,15,16,17). The number of rotatable bonds is 4. The molecule has 2 aromatic rings. The zero-order chi connectivity index (χ0) is 13.9. The third kappa shape index (κ3) is 2.67. The van der Waals surface area contributed by atoms with Crippen LogP contribution in [0.2, 0.25) is 0 Å². The Kier molecular flexibility index (Phi) is 3.68. The van der Waals surface area contributed by atoms with E-state index in [2.05, 4.69) is 30.6 Å². The van der Waals surface area contributed by atoms with Crippen LogP contribution in [0.5, 0.6) is 0 Å². The van der Waals surface area contributed by atoms with Crippen molar-refractivity contribution in [1.82, 2.24) is 25.7 Å². The Bertz CT molecular complexity index is 555. The van der Waals surface area contributed by atoms with E-state index in [1.165, 1.54) is 12.8 Å². The van der Waals surface area contributed by atoms with Gasteiger partial charge in [-0.3, -0.25) is 5.10 Å². The lowest BCUT2D eigenvalue weighted by Crippen LogP contribution is -2.37. The summed E-state index contributed by atoms with van der Waals surface area (Å²) >= 11 is 0. The first kappa shape index (κ1) is 13.1. The smallest absolute Gasteiger partial charge is 0.245 e. The molecule has 7 heteroatoms. The number of nitrogens with one attached hydrogen (secondary N) is 2. The molecular formula is C13H20N6O. The van der Waals surface area contributed by atoms with Gasteiger partial charge < -0.3 is 14.7 Å². The molecule has 0 spiro atoms. The first-order valence-electron chi connectivity index (χ1n) is 7.02.